The number of rotatable bonds is 5. The van der Waals surface area contributed by atoms with E-state index in [0.717, 1.165) is 11.1 Å². The number of nitrogens with one attached hydrogen (secondary N) is 1. The molecule has 3 aromatic carbocycles. The zero-order chi connectivity index (χ0) is 20.2. The molecule has 3 rings (SSSR count). The molecule has 3 nitrogen and oxygen atoms in total. The molecule has 0 unspecified atom stereocenters. The van der Waals surface area contributed by atoms with Crippen LogP contribution >= 0.6 is 0 Å². The molecule has 1 atom stereocenters. The van der Waals surface area contributed by atoms with E-state index in [0.29, 0.717) is 0 Å². The Morgan fingerprint density at radius 2 is 1.29 bits per heavy atom. The van der Waals surface area contributed by atoms with Gasteiger partial charge in [-0.2, -0.15) is 13.2 Å². The van der Waals surface area contributed by atoms with Gasteiger partial charge in [0.2, 0.25) is 5.60 Å². The third kappa shape index (κ3) is 4.07. The maximum atomic E-state index is 13.5. The molecule has 0 fully saturated rings. The van der Waals surface area contributed by atoms with E-state index in [2.05, 4.69) is 5.32 Å². The van der Waals surface area contributed by atoms with Crippen molar-refractivity contribution in [1.82, 2.24) is 5.32 Å². The lowest BCUT2D eigenvalue weighted by molar-refractivity contribution is -0.263. The minimum absolute atomic E-state index is 0.206. The summed E-state index contributed by atoms with van der Waals surface area (Å²) in [4.78, 5) is 12.3. The number of halogens is 3. The van der Waals surface area contributed by atoms with E-state index in [-0.39, 0.29) is 11.1 Å². The highest BCUT2D eigenvalue weighted by atomic mass is 19.4. The van der Waals surface area contributed by atoms with E-state index in [1.165, 1.54) is 36.4 Å². The van der Waals surface area contributed by atoms with Crippen molar-refractivity contribution < 1.29 is 23.1 Å². The average Bonchev–Trinajstić information content (AvgIpc) is 2.72. The van der Waals surface area contributed by atoms with Gasteiger partial charge in [0.15, 0.2) is 0 Å². The molecular weight excluding hydrogens is 367 g/mol. The standard InChI is InChI=1S/C22H18F3NO2/c23-22(24,25)21(28,19-9-5-2-6-10-19)15-26-20(27)18-13-11-17(12-14-18)16-7-3-1-4-8-16/h1-14,28H,15H2,(H,26,27)/t21-/m0/s1. The van der Waals surface area contributed by atoms with Crippen LogP contribution in [0.3, 0.4) is 0 Å². The van der Waals surface area contributed by atoms with Gasteiger partial charge < -0.3 is 10.4 Å². The summed E-state index contributed by atoms with van der Waals surface area (Å²) in [6, 6.07) is 22.7. The highest BCUT2D eigenvalue weighted by Gasteiger charge is 2.55. The fourth-order valence-electron chi connectivity index (χ4n) is 2.83. The molecule has 6 heteroatoms. The van der Waals surface area contributed by atoms with Gasteiger partial charge >= 0.3 is 6.18 Å². The predicted molar refractivity (Wildman–Crippen MR) is 101 cm³/mol. The van der Waals surface area contributed by atoms with Gasteiger partial charge in [-0.1, -0.05) is 72.8 Å². The molecule has 144 valence electrons. The van der Waals surface area contributed by atoms with Gasteiger partial charge in [-0.15, -0.1) is 0 Å². The van der Waals surface area contributed by atoms with Gasteiger partial charge in [-0.05, 0) is 28.8 Å². The average molecular weight is 385 g/mol. The molecule has 0 heterocycles. The van der Waals surface area contributed by atoms with Crippen LogP contribution in [0.15, 0.2) is 84.9 Å². The summed E-state index contributed by atoms with van der Waals surface area (Å²) in [5, 5.41) is 12.5. The van der Waals surface area contributed by atoms with E-state index in [9.17, 15) is 23.1 Å². The monoisotopic (exact) mass is 385 g/mol. The topological polar surface area (TPSA) is 49.3 Å². The summed E-state index contributed by atoms with van der Waals surface area (Å²) in [5.41, 5.74) is -1.45. The number of carbonyl (C=O) groups is 1. The van der Waals surface area contributed by atoms with E-state index < -0.39 is 24.2 Å². The van der Waals surface area contributed by atoms with E-state index in [4.69, 9.17) is 0 Å². The summed E-state index contributed by atoms with van der Waals surface area (Å²) in [6.45, 7) is -0.986. The molecule has 1 amide bonds. The Bertz CT molecular complexity index is 926. The summed E-state index contributed by atoms with van der Waals surface area (Å²) < 4.78 is 40.4. The Morgan fingerprint density at radius 1 is 0.786 bits per heavy atom. The Kier molecular flexibility index (Phi) is 5.51. The summed E-state index contributed by atoms with van der Waals surface area (Å²) >= 11 is 0. The van der Waals surface area contributed by atoms with Crippen LogP contribution < -0.4 is 5.32 Å². The number of amides is 1. The molecule has 28 heavy (non-hydrogen) atoms. The number of alkyl halides is 3. The lowest BCUT2D eigenvalue weighted by Crippen LogP contribution is -2.51. The maximum Gasteiger partial charge on any atom is 0.423 e. The summed E-state index contributed by atoms with van der Waals surface area (Å²) in [7, 11) is 0. The number of benzene rings is 3. The van der Waals surface area contributed by atoms with Gasteiger partial charge in [-0.3, -0.25) is 4.79 Å². The zero-order valence-corrected chi connectivity index (χ0v) is 14.8. The van der Waals surface area contributed by atoms with E-state index in [1.54, 1.807) is 18.2 Å². The quantitative estimate of drug-likeness (QED) is 0.678. The molecule has 0 bridgehead atoms. The third-order valence-corrected chi connectivity index (χ3v) is 4.48. The summed E-state index contributed by atoms with van der Waals surface area (Å²) in [6.07, 6.45) is -4.95. The SMILES string of the molecule is O=C(NC[C@](O)(c1ccccc1)C(F)(F)F)c1ccc(-c2ccccc2)cc1. The second-order valence-electron chi connectivity index (χ2n) is 6.35. The maximum absolute atomic E-state index is 13.5. The van der Waals surface area contributed by atoms with Crippen LogP contribution in [0.5, 0.6) is 0 Å². The number of hydrogen-bond donors (Lipinski definition) is 2. The number of hydrogen-bond acceptors (Lipinski definition) is 2. The Hall–Kier alpha value is -3.12. The molecule has 0 saturated heterocycles. The predicted octanol–water partition coefficient (Wildman–Crippen LogP) is 4.53. The van der Waals surface area contributed by atoms with Crippen molar-refractivity contribution in [3.63, 3.8) is 0 Å². The molecule has 0 aromatic heterocycles. The first-order chi connectivity index (χ1) is 13.3. The highest BCUT2D eigenvalue weighted by Crippen LogP contribution is 2.38. The highest BCUT2D eigenvalue weighted by molar-refractivity contribution is 5.94. The molecule has 0 aliphatic heterocycles. The van der Waals surface area contributed by atoms with Crippen molar-refractivity contribution in [2.75, 3.05) is 6.54 Å². The number of carbonyl (C=O) groups excluding carboxylic acids is 1. The number of aliphatic hydroxyl groups is 1. The fraction of sp³-hybridized carbons (Fsp3) is 0.136. The lowest BCUT2D eigenvalue weighted by atomic mass is 9.93. The Labute approximate surface area is 160 Å². The lowest BCUT2D eigenvalue weighted by Gasteiger charge is -2.31. The van der Waals surface area contributed by atoms with Crippen LogP contribution in [0, 0.1) is 0 Å². The minimum Gasteiger partial charge on any atom is -0.375 e. The first-order valence-corrected chi connectivity index (χ1v) is 8.59. The first-order valence-electron chi connectivity index (χ1n) is 8.59. The first kappa shape index (κ1) is 19.6. The Balaban J connectivity index is 1.75. The van der Waals surface area contributed by atoms with Crippen LogP contribution in [0.4, 0.5) is 13.2 Å². The smallest absolute Gasteiger partial charge is 0.375 e. The van der Waals surface area contributed by atoms with Crippen molar-refractivity contribution in [3.05, 3.63) is 96.1 Å². The van der Waals surface area contributed by atoms with Crippen LogP contribution in [0.25, 0.3) is 11.1 Å². The van der Waals surface area contributed by atoms with Crippen molar-refractivity contribution in [2.24, 2.45) is 0 Å². The van der Waals surface area contributed by atoms with Crippen molar-refractivity contribution >= 4 is 5.91 Å². The normalized spacial score (nSPS) is 13.6. The molecule has 2 N–H and O–H groups in total. The second kappa shape index (κ2) is 7.86. The third-order valence-electron chi connectivity index (χ3n) is 4.48. The molecule has 3 aromatic rings. The van der Waals surface area contributed by atoms with Crippen LogP contribution in [0.2, 0.25) is 0 Å². The van der Waals surface area contributed by atoms with Crippen molar-refractivity contribution in [2.45, 2.75) is 11.8 Å². The van der Waals surface area contributed by atoms with Crippen LogP contribution in [-0.2, 0) is 5.60 Å². The molecule has 0 radical (unpaired) electrons. The van der Waals surface area contributed by atoms with E-state index in [1.807, 2.05) is 30.3 Å². The molecular formula is C22H18F3NO2. The Morgan fingerprint density at radius 3 is 1.82 bits per heavy atom. The molecule has 0 aliphatic rings. The fourth-order valence-corrected chi connectivity index (χ4v) is 2.83. The van der Waals surface area contributed by atoms with E-state index >= 15 is 0 Å². The van der Waals surface area contributed by atoms with Gasteiger partial charge in [-0.25, -0.2) is 0 Å². The van der Waals surface area contributed by atoms with Crippen LogP contribution in [0.1, 0.15) is 15.9 Å². The minimum atomic E-state index is -4.95. The van der Waals surface area contributed by atoms with Gasteiger partial charge in [0, 0.05) is 5.56 Å². The van der Waals surface area contributed by atoms with Gasteiger partial charge in [0.25, 0.3) is 5.91 Å². The molecule has 0 aliphatic carbocycles. The van der Waals surface area contributed by atoms with Gasteiger partial charge in [0.1, 0.15) is 0 Å². The van der Waals surface area contributed by atoms with Crippen LogP contribution in [-0.4, -0.2) is 23.7 Å². The molecule has 0 saturated carbocycles. The zero-order valence-electron chi connectivity index (χ0n) is 14.8. The second-order valence-corrected chi connectivity index (χ2v) is 6.35. The largest absolute Gasteiger partial charge is 0.423 e. The van der Waals surface area contributed by atoms with Gasteiger partial charge in [0.05, 0.1) is 6.54 Å². The molecule has 0 spiro atoms. The van der Waals surface area contributed by atoms with Crippen molar-refractivity contribution in [1.29, 1.82) is 0 Å². The summed E-state index contributed by atoms with van der Waals surface area (Å²) in [5.74, 6) is -0.696. The van der Waals surface area contributed by atoms with Crippen molar-refractivity contribution in [3.8, 4) is 11.1 Å².